The minimum absolute atomic E-state index is 0.0890. The summed E-state index contributed by atoms with van der Waals surface area (Å²) in [6.45, 7) is 0. The number of carbonyl (C=O) groups excluding carboxylic acids is 1. The molecule has 0 atom stereocenters. The second-order valence-electron chi connectivity index (χ2n) is 3.72. The van der Waals surface area contributed by atoms with Crippen LogP contribution in [0.3, 0.4) is 0 Å². The second kappa shape index (κ2) is 5.17. The van der Waals surface area contributed by atoms with Gasteiger partial charge in [0.2, 0.25) is 0 Å². The lowest BCUT2D eigenvalue weighted by molar-refractivity contribution is 0.102. The number of nitrogens with two attached hydrogens (primary N) is 1. The normalized spacial score (nSPS) is 11.0. The van der Waals surface area contributed by atoms with Crippen LogP contribution in [0.1, 0.15) is 10.4 Å². The molecule has 1 heterocycles. The van der Waals surface area contributed by atoms with Gasteiger partial charge >= 0.3 is 0 Å². The molecule has 2 rings (SSSR count). The van der Waals surface area contributed by atoms with Crippen molar-refractivity contribution in [2.24, 2.45) is 5.14 Å². The Morgan fingerprint density at radius 1 is 1.11 bits per heavy atom. The van der Waals surface area contributed by atoms with Crippen LogP contribution >= 0.6 is 0 Å². The van der Waals surface area contributed by atoms with Gasteiger partial charge in [-0.2, -0.15) is 0 Å². The largest absolute Gasteiger partial charge is 0.322 e. The van der Waals surface area contributed by atoms with E-state index in [0.717, 1.165) is 0 Å². The van der Waals surface area contributed by atoms with Crippen molar-refractivity contribution in [3.05, 3.63) is 54.2 Å². The Morgan fingerprint density at radius 2 is 1.79 bits per heavy atom. The number of aromatic nitrogens is 1. The van der Waals surface area contributed by atoms with E-state index in [4.69, 9.17) is 5.14 Å². The van der Waals surface area contributed by atoms with Crippen molar-refractivity contribution in [2.75, 3.05) is 5.32 Å². The van der Waals surface area contributed by atoms with E-state index in [1.54, 1.807) is 30.3 Å². The molecule has 0 fully saturated rings. The van der Waals surface area contributed by atoms with Gasteiger partial charge in [-0.25, -0.2) is 18.5 Å². The highest BCUT2D eigenvalue weighted by Crippen LogP contribution is 2.13. The van der Waals surface area contributed by atoms with Gasteiger partial charge in [-0.15, -0.1) is 0 Å². The molecule has 0 bridgehead atoms. The first-order valence-electron chi connectivity index (χ1n) is 5.33. The summed E-state index contributed by atoms with van der Waals surface area (Å²) in [4.78, 5) is 15.6. The number of carbonyl (C=O) groups is 1. The highest BCUT2D eigenvalue weighted by Gasteiger charge is 2.20. The third-order valence-electron chi connectivity index (χ3n) is 2.32. The maximum Gasteiger partial charge on any atom is 0.258 e. The Balaban J connectivity index is 2.35. The standard InChI is InChI=1S/C12H11N3O3S/c13-19(17,18)12-10(7-4-8-14-12)11(16)15-9-5-2-1-3-6-9/h1-8H,(H,15,16)(H2,13,17,18). The maximum atomic E-state index is 12.0. The fourth-order valence-corrected chi connectivity index (χ4v) is 2.19. The quantitative estimate of drug-likeness (QED) is 0.873. The average Bonchev–Trinajstić information content (AvgIpc) is 2.39. The smallest absolute Gasteiger partial charge is 0.258 e. The lowest BCUT2D eigenvalue weighted by Gasteiger charge is -2.07. The van der Waals surface area contributed by atoms with Crippen LogP contribution < -0.4 is 10.5 Å². The monoisotopic (exact) mass is 277 g/mol. The fraction of sp³-hybridized carbons (Fsp3) is 0. The number of pyridine rings is 1. The molecule has 0 saturated heterocycles. The van der Waals surface area contributed by atoms with Crippen molar-refractivity contribution in [3.63, 3.8) is 0 Å². The summed E-state index contributed by atoms with van der Waals surface area (Å²) in [7, 11) is -4.04. The van der Waals surface area contributed by atoms with Crippen LogP contribution in [-0.2, 0) is 10.0 Å². The molecule has 0 aliphatic carbocycles. The number of hydrogen-bond acceptors (Lipinski definition) is 4. The lowest BCUT2D eigenvalue weighted by atomic mass is 10.2. The van der Waals surface area contributed by atoms with Gasteiger partial charge in [0.05, 0.1) is 5.56 Å². The lowest BCUT2D eigenvalue weighted by Crippen LogP contribution is -2.21. The molecule has 0 radical (unpaired) electrons. The van der Waals surface area contributed by atoms with Crippen LogP contribution in [0.4, 0.5) is 5.69 Å². The summed E-state index contributed by atoms with van der Waals surface area (Å²) < 4.78 is 22.7. The molecule has 6 nitrogen and oxygen atoms in total. The molecule has 0 aliphatic rings. The number of primary sulfonamides is 1. The number of rotatable bonds is 3. The molecule has 0 unspecified atom stereocenters. The van der Waals surface area contributed by atoms with Gasteiger partial charge in [-0.05, 0) is 24.3 Å². The van der Waals surface area contributed by atoms with Crippen molar-refractivity contribution in [1.29, 1.82) is 0 Å². The predicted octanol–water partition coefficient (Wildman–Crippen LogP) is 0.981. The third-order valence-corrected chi connectivity index (χ3v) is 3.18. The number of amides is 1. The fourth-order valence-electron chi connectivity index (χ4n) is 1.51. The highest BCUT2D eigenvalue weighted by atomic mass is 32.2. The molecule has 98 valence electrons. The van der Waals surface area contributed by atoms with Gasteiger partial charge in [0.1, 0.15) is 0 Å². The Hall–Kier alpha value is -2.25. The summed E-state index contributed by atoms with van der Waals surface area (Å²) in [5.41, 5.74) is 0.463. The highest BCUT2D eigenvalue weighted by molar-refractivity contribution is 7.89. The van der Waals surface area contributed by atoms with Crippen molar-refractivity contribution in [3.8, 4) is 0 Å². The first kappa shape index (κ1) is 13.2. The summed E-state index contributed by atoms with van der Waals surface area (Å²) >= 11 is 0. The average molecular weight is 277 g/mol. The molecule has 1 aromatic heterocycles. The Labute approximate surface area is 110 Å². The van der Waals surface area contributed by atoms with E-state index in [-0.39, 0.29) is 5.56 Å². The third kappa shape index (κ3) is 3.15. The van der Waals surface area contributed by atoms with Gasteiger partial charge in [0.25, 0.3) is 15.9 Å². The van der Waals surface area contributed by atoms with E-state index in [2.05, 4.69) is 10.3 Å². The van der Waals surface area contributed by atoms with E-state index in [0.29, 0.717) is 5.69 Å². The SMILES string of the molecule is NS(=O)(=O)c1ncccc1C(=O)Nc1ccccc1. The van der Waals surface area contributed by atoms with Crippen molar-refractivity contribution in [1.82, 2.24) is 4.98 Å². The molecule has 3 N–H and O–H groups in total. The van der Waals surface area contributed by atoms with Crippen molar-refractivity contribution < 1.29 is 13.2 Å². The molecule has 0 saturated carbocycles. The van der Waals surface area contributed by atoms with Gasteiger partial charge in [-0.1, -0.05) is 18.2 Å². The summed E-state index contributed by atoms with van der Waals surface area (Å²) in [5.74, 6) is -0.580. The minimum Gasteiger partial charge on any atom is -0.322 e. The van der Waals surface area contributed by atoms with Gasteiger partial charge in [0.15, 0.2) is 5.03 Å². The molecule has 19 heavy (non-hydrogen) atoms. The number of nitrogens with zero attached hydrogens (tertiary/aromatic N) is 1. The maximum absolute atomic E-state index is 12.0. The van der Waals surface area contributed by atoms with E-state index >= 15 is 0 Å². The van der Waals surface area contributed by atoms with E-state index in [1.807, 2.05) is 0 Å². The topological polar surface area (TPSA) is 102 Å². The molecular weight excluding hydrogens is 266 g/mol. The molecular formula is C12H11N3O3S. The van der Waals surface area contributed by atoms with Gasteiger partial charge in [-0.3, -0.25) is 4.79 Å². The molecule has 1 amide bonds. The second-order valence-corrected chi connectivity index (χ2v) is 5.20. The van der Waals surface area contributed by atoms with Gasteiger partial charge in [0, 0.05) is 11.9 Å². The van der Waals surface area contributed by atoms with Crippen LogP contribution in [0.25, 0.3) is 0 Å². The van der Waals surface area contributed by atoms with Crippen LogP contribution in [0.2, 0.25) is 0 Å². The molecule has 0 spiro atoms. The summed E-state index contributed by atoms with van der Waals surface area (Å²) in [6, 6.07) is 11.5. The number of nitrogens with one attached hydrogen (secondary N) is 1. The van der Waals surface area contributed by atoms with Gasteiger partial charge < -0.3 is 5.32 Å². The predicted molar refractivity (Wildman–Crippen MR) is 70.0 cm³/mol. The number of sulfonamides is 1. The molecule has 1 aromatic carbocycles. The number of para-hydroxylation sites is 1. The van der Waals surface area contributed by atoms with E-state index in [9.17, 15) is 13.2 Å². The summed E-state index contributed by atoms with van der Waals surface area (Å²) in [5, 5.41) is 7.15. The number of hydrogen-bond donors (Lipinski definition) is 2. The number of benzene rings is 1. The zero-order valence-corrected chi connectivity index (χ0v) is 10.6. The van der Waals surface area contributed by atoms with Crippen molar-refractivity contribution >= 4 is 21.6 Å². The van der Waals surface area contributed by atoms with E-state index < -0.39 is 21.0 Å². The Morgan fingerprint density at radius 3 is 2.42 bits per heavy atom. The zero-order valence-electron chi connectivity index (χ0n) is 9.78. The first-order chi connectivity index (χ1) is 8.98. The van der Waals surface area contributed by atoms with Crippen LogP contribution in [0.5, 0.6) is 0 Å². The van der Waals surface area contributed by atoms with Crippen LogP contribution in [0.15, 0.2) is 53.7 Å². The Kier molecular flexibility index (Phi) is 3.59. The van der Waals surface area contributed by atoms with E-state index in [1.165, 1.54) is 18.3 Å². The summed E-state index contributed by atoms with van der Waals surface area (Å²) in [6.07, 6.45) is 1.26. The molecule has 7 heteroatoms. The molecule has 0 aliphatic heterocycles. The molecule has 2 aromatic rings. The van der Waals surface area contributed by atoms with Crippen molar-refractivity contribution in [2.45, 2.75) is 5.03 Å². The Bertz CT molecular complexity index is 699. The number of anilines is 1. The van der Waals surface area contributed by atoms with Crippen LogP contribution in [-0.4, -0.2) is 19.3 Å². The van der Waals surface area contributed by atoms with Crippen LogP contribution in [0, 0.1) is 0 Å². The minimum atomic E-state index is -4.04. The zero-order chi connectivity index (χ0) is 13.9. The first-order valence-corrected chi connectivity index (χ1v) is 6.87.